The van der Waals surface area contributed by atoms with E-state index < -0.39 is 0 Å². The van der Waals surface area contributed by atoms with Crippen LogP contribution in [0.3, 0.4) is 0 Å². The van der Waals surface area contributed by atoms with E-state index in [9.17, 15) is 4.39 Å². The fourth-order valence-corrected chi connectivity index (χ4v) is 1.76. The molecular weight excluding hydrogens is 261 g/mol. The second-order valence-corrected chi connectivity index (χ2v) is 4.06. The minimum atomic E-state index is -0.294. The van der Waals surface area contributed by atoms with Crippen LogP contribution < -0.4 is 5.73 Å². The van der Waals surface area contributed by atoms with Gasteiger partial charge in [0.2, 0.25) is 0 Å². The van der Waals surface area contributed by atoms with E-state index in [1.165, 1.54) is 12.1 Å². The van der Waals surface area contributed by atoms with Crippen molar-refractivity contribution in [2.24, 2.45) is 7.05 Å². The second kappa shape index (κ2) is 3.66. The first kappa shape index (κ1) is 10.2. The SMILES string of the molecule is Cn1nc(-c2cc(F)ccc2Br)cc1N. The summed E-state index contributed by atoms with van der Waals surface area (Å²) in [6.45, 7) is 0. The van der Waals surface area contributed by atoms with Gasteiger partial charge in [-0.25, -0.2) is 4.39 Å². The molecular formula is C10H9BrFN3. The molecule has 2 aromatic rings. The van der Waals surface area contributed by atoms with E-state index in [0.717, 1.165) is 4.47 Å². The lowest BCUT2D eigenvalue weighted by molar-refractivity contribution is 0.628. The lowest BCUT2D eigenvalue weighted by Gasteiger charge is -2.00. The van der Waals surface area contributed by atoms with Crippen LogP contribution in [0, 0.1) is 5.82 Å². The lowest BCUT2D eigenvalue weighted by Crippen LogP contribution is -1.96. The summed E-state index contributed by atoms with van der Waals surface area (Å²) < 4.78 is 15.4. The van der Waals surface area contributed by atoms with Crippen molar-refractivity contribution in [2.75, 3.05) is 5.73 Å². The number of hydrogen-bond donors (Lipinski definition) is 1. The molecule has 0 amide bonds. The molecule has 1 aromatic carbocycles. The standard InChI is InChI=1S/C10H9BrFN3/c1-15-10(13)5-9(14-15)7-4-6(12)2-3-8(7)11/h2-5H,13H2,1H3. The third-order valence-corrected chi connectivity index (χ3v) is 2.81. The zero-order valence-electron chi connectivity index (χ0n) is 8.04. The van der Waals surface area contributed by atoms with Crippen LogP contribution in [-0.2, 0) is 7.05 Å². The molecule has 5 heteroatoms. The minimum Gasteiger partial charge on any atom is -0.384 e. The fourth-order valence-electron chi connectivity index (χ4n) is 1.31. The Morgan fingerprint density at radius 3 is 2.73 bits per heavy atom. The van der Waals surface area contributed by atoms with Gasteiger partial charge in [0.05, 0.1) is 5.69 Å². The van der Waals surface area contributed by atoms with Crippen LogP contribution in [0.1, 0.15) is 0 Å². The van der Waals surface area contributed by atoms with E-state index in [1.807, 2.05) is 0 Å². The minimum absolute atomic E-state index is 0.294. The molecule has 0 aliphatic heterocycles. The highest BCUT2D eigenvalue weighted by molar-refractivity contribution is 9.10. The predicted molar refractivity (Wildman–Crippen MR) is 60.7 cm³/mol. The van der Waals surface area contributed by atoms with Crippen molar-refractivity contribution in [2.45, 2.75) is 0 Å². The summed E-state index contributed by atoms with van der Waals surface area (Å²) in [5.41, 5.74) is 7.01. The number of aromatic nitrogens is 2. The van der Waals surface area contributed by atoms with Crippen LogP contribution >= 0.6 is 15.9 Å². The van der Waals surface area contributed by atoms with Crippen molar-refractivity contribution in [3.63, 3.8) is 0 Å². The van der Waals surface area contributed by atoms with E-state index in [-0.39, 0.29) is 5.82 Å². The molecule has 0 spiro atoms. The molecule has 0 saturated heterocycles. The second-order valence-electron chi connectivity index (χ2n) is 3.20. The molecule has 0 aliphatic carbocycles. The van der Waals surface area contributed by atoms with Crippen LogP contribution in [-0.4, -0.2) is 9.78 Å². The third kappa shape index (κ3) is 1.87. The number of rotatable bonds is 1. The molecule has 1 heterocycles. The summed E-state index contributed by atoms with van der Waals surface area (Å²) in [4.78, 5) is 0. The number of nitrogens with two attached hydrogens (primary N) is 1. The van der Waals surface area contributed by atoms with Gasteiger partial charge >= 0.3 is 0 Å². The highest BCUT2D eigenvalue weighted by Gasteiger charge is 2.09. The zero-order chi connectivity index (χ0) is 11.0. The van der Waals surface area contributed by atoms with Gasteiger partial charge in [0.25, 0.3) is 0 Å². The van der Waals surface area contributed by atoms with Crippen LogP contribution in [0.25, 0.3) is 11.3 Å². The van der Waals surface area contributed by atoms with E-state index >= 15 is 0 Å². The first-order valence-corrected chi connectivity index (χ1v) is 5.12. The molecule has 0 aliphatic rings. The molecule has 1 aromatic heterocycles. The number of benzene rings is 1. The van der Waals surface area contributed by atoms with Gasteiger partial charge in [-0.05, 0) is 18.2 Å². The van der Waals surface area contributed by atoms with E-state index in [2.05, 4.69) is 21.0 Å². The summed E-state index contributed by atoms with van der Waals surface area (Å²) in [6.07, 6.45) is 0. The number of nitrogens with zero attached hydrogens (tertiary/aromatic N) is 2. The Hall–Kier alpha value is -1.36. The van der Waals surface area contributed by atoms with E-state index in [1.54, 1.807) is 23.9 Å². The van der Waals surface area contributed by atoms with Crippen molar-refractivity contribution in [3.05, 3.63) is 34.6 Å². The molecule has 0 unspecified atom stereocenters. The van der Waals surface area contributed by atoms with Crippen molar-refractivity contribution in [3.8, 4) is 11.3 Å². The Morgan fingerprint density at radius 1 is 1.40 bits per heavy atom. The third-order valence-electron chi connectivity index (χ3n) is 2.12. The molecule has 0 atom stereocenters. The normalized spacial score (nSPS) is 10.6. The van der Waals surface area contributed by atoms with Crippen LogP contribution in [0.15, 0.2) is 28.7 Å². The van der Waals surface area contributed by atoms with Gasteiger partial charge < -0.3 is 5.73 Å². The van der Waals surface area contributed by atoms with Gasteiger partial charge in [-0.1, -0.05) is 15.9 Å². The number of nitrogen functional groups attached to an aromatic ring is 1. The number of halogens is 2. The smallest absolute Gasteiger partial charge is 0.123 e. The molecule has 0 fully saturated rings. The van der Waals surface area contributed by atoms with Gasteiger partial charge in [-0.15, -0.1) is 0 Å². The first-order valence-electron chi connectivity index (χ1n) is 4.33. The Bertz CT molecular complexity index is 488. The average Bonchev–Trinajstić information content (AvgIpc) is 2.51. The quantitative estimate of drug-likeness (QED) is 0.865. The van der Waals surface area contributed by atoms with E-state index in [4.69, 9.17) is 5.73 Å². The average molecular weight is 270 g/mol. The van der Waals surface area contributed by atoms with Crippen molar-refractivity contribution in [1.29, 1.82) is 0 Å². The lowest BCUT2D eigenvalue weighted by atomic mass is 10.1. The Labute approximate surface area is 94.8 Å². The van der Waals surface area contributed by atoms with Gasteiger partial charge in [-0.2, -0.15) is 5.10 Å². The zero-order valence-corrected chi connectivity index (χ0v) is 9.62. The molecule has 2 rings (SSSR count). The molecule has 0 saturated carbocycles. The molecule has 78 valence electrons. The first-order chi connectivity index (χ1) is 7.08. The largest absolute Gasteiger partial charge is 0.384 e. The highest BCUT2D eigenvalue weighted by atomic mass is 79.9. The molecule has 3 nitrogen and oxygen atoms in total. The van der Waals surface area contributed by atoms with Crippen molar-refractivity contribution < 1.29 is 4.39 Å². The summed E-state index contributed by atoms with van der Waals surface area (Å²) >= 11 is 3.34. The summed E-state index contributed by atoms with van der Waals surface area (Å²) in [7, 11) is 1.74. The Kier molecular flexibility index (Phi) is 2.48. The summed E-state index contributed by atoms with van der Waals surface area (Å²) in [6, 6.07) is 6.17. The Balaban J connectivity index is 2.58. The van der Waals surface area contributed by atoms with Crippen LogP contribution in [0.4, 0.5) is 10.2 Å². The maximum absolute atomic E-state index is 13.1. The van der Waals surface area contributed by atoms with Crippen LogP contribution in [0.2, 0.25) is 0 Å². The highest BCUT2D eigenvalue weighted by Crippen LogP contribution is 2.28. The predicted octanol–water partition coefficient (Wildman–Crippen LogP) is 2.57. The number of aryl methyl sites for hydroxylation is 1. The molecule has 2 N–H and O–H groups in total. The van der Waals surface area contributed by atoms with Crippen LogP contribution in [0.5, 0.6) is 0 Å². The monoisotopic (exact) mass is 269 g/mol. The number of anilines is 1. The summed E-state index contributed by atoms with van der Waals surface area (Å²) in [5, 5.41) is 4.18. The van der Waals surface area contributed by atoms with Gasteiger partial charge in [0, 0.05) is 23.2 Å². The maximum atomic E-state index is 13.1. The molecule has 15 heavy (non-hydrogen) atoms. The maximum Gasteiger partial charge on any atom is 0.123 e. The Morgan fingerprint density at radius 2 is 2.13 bits per heavy atom. The van der Waals surface area contributed by atoms with Gasteiger partial charge in [0.1, 0.15) is 11.6 Å². The topological polar surface area (TPSA) is 43.8 Å². The molecule has 0 radical (unpaired) electrons. The number of hydrogen-bond acceptors (Lipinski definition) is 2. The van der Waals surface area contributed by atoms with Crippen molar-refractivity contribution in [1.82, 2.24) is 9.78 Å². The van der Waals surface area contributed by atoms with Crippen molar-refractivity contribution >= 4 is 21.7 Å². The van der Waals surface area contributed by atoms with Gasteiger partial charge in [0.15, 0.2) is 0 Å². The van der Waals surface area contributed by atoms with Gasteiger partial charge in [-0.3, -0.25) is 4.68 Å². The summed E-state index contributed by atoms with van der Waals surface area (Å²) in [5.74, 6) is 0.249. The molecule has 0 bridgehead atoms. The van der Waals surface area contributed by atoms with E-state index in [0.29, 0.717) is 17.1 Å². The fraction of sp³-hybridized carbons (Fsp3) is 0.100.